The highest BCUT2D eigenvalue weighted by Crippen LogP contribution is 2.33. The van der Waals surface area contributed by atoms with Crippen molar-refractivity contribution in [3.8, 4) is 11.5 Å². The molecule has 114 valence electrons. The van der Waals surface area contributed by atoms with Gasteiger partial charge in [0, 0.05) is 8.96 Å². The van der Waals surface area contributed by atoms with Crippen molar-refractivity contribution in [2.45, 2.75) is 0 Å². The van der Waals surface area contributed by atoms with Crippen LogP contribution in [0.2, 0.25) is 5.15 Å². The van der Waals surface area contributed by atoms with Gasteiger partial charge in [-0.05, 0) is 64.6 Å². The van der Waals surface area contributed by atoms with E-state index in [9.17, 15) is 0 Å². The Labute approximate surface area is 151 Å². The number of fused-ring (bicyclic) bond motifs is 2. The van der Waals surface area contributed by atoms with Gasteiger partial charge in [-0.2, -0.15) is 0 Å². The third kappa shape index (κ3) is 2.98. The summed E-state index contributed by atoms with van der Waals surface area (Å²) in [7, 11) is 0. The fourth-order valence-corrected chi connectivity index (χ4v) is 3.07. The lowest BCUT2D eigenvalue weighted by Gasteiger charge is -2.02. The third-order valence-electron chi connectivity index (χ3n) is 3.45. The summed E-state index contributed by atoms with van der Waals surface area (Å²) in [4.78, 5) is 8.86. The van der Waals surface area contributed by atoms with Crippen molar-refractivity contribution in [3.63, 3.8) is 0 Å². The van der Waals surface area contributed by atoms with Crippen LogP contribution >= 0.6 is 34.2 Å². The topological polar surface area (TPSA) is 44.2 Å². The Hall–Kier alpha value is -1.86. The van der Waals surface area contributed by atoms with Crippen LogP contribution in [0.25, 0.3) is 23.1 Å². The van der Waals surface area contributed by atoms with Gasteiger partial charge in [0.2, 0.25) is 6.79 Å². The number of aromatic nitrogens is 2. The molecular formula is C17H10ClIN2O2. The van der Waals surface area contributed by atoms with Gasteiger partial charge in [-0.15, -0.1) is 0 Å². The molecule has 3 aromatic rings. The molecule has 0 aliphatic carbocycles. The maximum atomic E-state index is 6.27. The van der Waals surface area contributed by atoms with Crippen LogP contribution in [-0.4, -0.2) is 16.8 Å². The molecule has 1 aliphatic heterocycles. The zero-order valence-corrected chi connectivity index (χ0v) is 14.7. The average Bonchev–Trinajstić information content (AvgIpc) is 3.01. The quantitative estimate of drug-likeness (QED) is 0.428. The number of nitrogens with zero attached hydrogens (tertiary/aromatic N) is 2. The van der Waals surface area contributed by atoms with E-state index < -0.39 is 0 Å². The van der Waals surface area contributed by atoms with Crippen LogP contribution in [0.4, 0.5) is 0 Å². The monoisotopic (exact) mass is 436 g/mol. The van der Waals surface area contributed by atoms with E-state index in [1.54, 1.807) is 0 Å². The van der Waals surface area contributed by atoms with E-state index in [0.29, 0.717) is 11.0 Å². The molecule has 4 nitrogen and oxygen atoms in total. The van der Waals surface area contributed by atoms with E-state index >= 15 is 0 Å². The summed E-state index contributed by atoms with van der Waals surface area (Å²) in [5, 5.41) is 1.32. The minimum atomic E-state index is 0.269. The molecule has 2 heterocycles. The van der Waals surface area contributed by atoms with Gasteiger partial charge >= 0.3 is 0 Å². The Morgan fingerprint density at radius 3 is 2.78 bits per heavy atom. The Balaban J connectivity index is 1.68. The van der Waals surface area contributed by atoms with Gasteiger partial charge in [0.1, 0.15) is 5.15 Å². The minimum absolute atomic E-state index is 0.269. The van der Waals surface area contributed by atoms with E-state index in [1.807, 2.05) is 48.6 Å². The molecule has 6 heteroatoms. The summed E-state index contributed by atoms with van der Waals surface area (Å²) in [6, 6.07) is 11.7. The molecule has 0 N–H and O–H groups in total. The first-order chi connectivity index (χ1) is 11.2. The standard InChI is InChI=1S/C17H10ClIN2O2/c18-17-12-8-11(19)3-4-13(12)20-16(21-17)6-2-10-1-5-14-15(7-10)23-9-22-14/h1-8H,9H2/b6-2+. The van der Waals surface area contributed by atoms with Gasteiger partial charge in [-0.25, -0.2) is 9.97 Å². The normalized spacial score (nSPS) is 13.1. The number of hydrogen-bond acceptors (Lipinski definition) is 4. The van der Waals surface area contributed by atoms with Crippen molar-refractivity contribution in [1.82, 2.24) is 9.97 Å². The molecule has 0 spiro atoms. The molecule has 4 rings (SSSR count). The number of ether oxygens (including phenoxy) is 2. The average molecular weight is 437 g/mol. The van der Waals surface area contributed by atoms with E-state index in [0.717, 1.165) is 31.5 Å². The highest BCUT2D eigenvalue weighted by molar-refractivity contribution is 14.1. The molecule has 1 aromatic heterocycles. The highest BCUT2D eigenvalue weighted by Gasteiger charge is 2.12. The van der Waals surface area contributed by atoms with Crippen molar-refractivity contribution in [2.24, 2.45) is 0 Å². The maximum absolute atomic E-state index is 6.27. The molecule has 0 unspecified atom stereocenters. The third-order valence-corrected chi connectivity index (χ3v) is 4.41. The molecule has 2 aromatic carbocycles. The summed E-state index contributed by atoms with van der Waals surface area (Å²) in [5.74, 6) is 2.09. The largest absolute Gasteiger partial charge is 0.454 e. The zero-order chi connectivity index (χ0) is 15.8. The summed E-state index contributed by atoms with van der Waals surface area (Å²) in [5.41, 5.74) is 1.81. The summed E-state index contributed by atoms with van der Waals surface area (Å²) >= 11 is 8.51. The van der Waals surface area contributed by atoms with Gasteiger partial charge in [0.15, 0.2) is 17.3 Å². The molecule has 0 bridgehead atoms. The predicted molar refractivity (Wildman–Crippen MR) is 98.8 cm³/mol. The van der Waals surface area contributed by atoms with Crippen molar-refractivity contribution in [2.75, 3.05) is 6.79 Å². The highest BCUT2D eigenvalue weighted by atomic mass is 127. The number of hydrogen-bond donors (Lipinski definition) is 0. The first kappa shape index (κ1) is 14.7. The Morgan fingerprint density at radius 2 is 1.87 bits per heavy atom. The van der Waals surface area contributed by atoms with Gasteiger partial charge in [-0.1, -0.05) is 23.7 Å². The van der Waals surface area contributed by atoms with Crippen LogP contribution in [0.15, 0.2) is 36.4 Å². The van der Waals surface area contributed by atoms with Crippen LogP contribution in [0, 0.1) is 3.57 Å². The summed E-state index contributed by atoms with van der Waals surface area (Å²) < 4.78 is 11.8. The second kappa shape index (κ2) is 5.98. The number of rotatable bonds is 2. The van der Waals surface area contributed by atoms with E-state index in [-0.39, 0.29) is 6.79 Å². The number of benzene rings is 2. The zero-order valence-electron chi connectivity index (χ0n) is 11.8. The van der Waals surface area contributed by atoms with E-state index in [2.05, 4.69) is 32.6 Å². The molecule has 0 atom stereocenters. The second-order valence-electron chi connectivity index (χ2n) is 4.98. The lowest BCUT2D eigenvalue weighted by atomic mass is 10.2. The van der Waals surface area contributed by atoms with Crippen molar-refractivity contribution < 1.29 is 9.47 Å². The molecule has 0 amide bonds. The molecule has 0 fully saturated rings. The van der Waals surface area contributed by atoms with Gasteiger partial charge in [-0.3, -0.25) is 0 Å². The van der Waals surface area contributed by atoms with Crippen LogP contribution in [0.1, 0.15) is 11.4 Å². The van der Waals surface area contributed by atoms with Crippen LogP contribution in [0.5, 0.6) is 11.5 Å². The minimum Gasteiger partial charge on any atom is -0.454 e. The SMILES string of the molecule is Clc1nc(/C=C/c2ccc3c(c2)OCO3)nc2ccc(I)cc12. The molecule has 0 saturated carbocycles. The Morgan fingerprint density at radius 1 is 1.00 bits per heavy atom. The first-order valence-corrected chi connectivity index (χ1v) is 8.35. The lowest BCUT2D eigenvalue weighted by molar-refractivity contribution is 0.174. The van der Waals surface area contributed by atoms with Crippen LogP contribution in [-0.2, 0) is 0 Å². The predicted octanol–water partition coefficient (Wildman–Crippen LogP) is 4.79. The fourth-order valence-electron chi connectivity index (χ4n) is 2.34. The Kier molecular flexibility index (Phi) is 3.82. The molecule has 0 radical (unpaired) electrons. The van der Waals surface area contributed by atoms with Crippen molar-refractivity contribution >= 4 is 57.2 Å². The van der Waals surface area contributed by atoms with Crippen LogP contribution < -0.4 is 9.47 Å². The van der Waals surface area contributed by atoms with E-state index in [1.165, 1.54) is 0 Å². The maximum Gasteiger partial charge on any atom is 0.231 e. The summed E-state index contributed by atoms with van der Waals surface area (Å²) in [6.07, 6.45) is 3.76. The molecule has 0 saturated heterocycles. The van der Waals surface area contributed by atoms with Gasteiger partial charge < -0.3 is 9.47 Å². The smallest absolute Gasteiger partial charge is 0.231 e. The second-order valence-corrected chi connectivity index (χ2v) is 6.58. The van der Waals surface area contributed by atoms with Crippen molar-refractivity contribution in [1.29, 1.82) is 0 Å². The van der Waals surface area contributed by atoms with Gasteiger partial charge in [0.05, 0.1) is 5.52 Å². The first-order valence-electron chi connectivity index (χ1n) is 6.89. The fraction of sp³-hybridized carbons (Fsp3) is 0.0588. The summed E-state index contributed by atoms with van der Waals surface area (Å²) in [6.45, 7) is 0.269. The van der Waals surface area contributed by atoms with Crippen molar-refractivity contribution in [3.05, 3.63) is 56.5 Å². The number of halogens is 2. The molecule has 23 heavy (non-hydrogen) atoms. The molecule has 1 aliphatic rings. The van der Waals surface area contributed by atoms with E-state index in [4.69, 9.17) is 21.1 Å². The van der Waals surface area contributed by atoms with Crippen LogP contribution in [0.3, 0.4) is 0 Å². The Bertz CT molecular complexity index is 943. The lowest BCUT2D eigenvalue weighted by Crippen LogP contribution is -1.92. The van der Waals surface area contributed by atoms with Gasteiger partial charge in [0.25, 0.3) is 0 Å². The molecular weight excluding hydrogens is 427 g/mol.